The lowest BCUT2D eigenvalue weighted by Crippen LogP contribution is -2.49. The number of likely N-dealkylation sites (tertiary alicyclic amines) is 1. The molecule has 172 valence electrons. The maximum Gasteiger partial charge on any atom is 0.272 e. The average molecular weight is 447 g/mol. The molecule has 1 aromatic heterocycles. The monoisotopic (exact) mass is 446 g/mol. The van der Waals surface area contributed by atoms with E-state index in [9.17, 15) is 9.59 Å². The first-order chi connectivity index (χ1) is 16.0. The molecule has 3 aromatic rings. The maximum atomic E-state index is 13.1. The smallest absolute Gasteiger partial charge is 0.272 e. The zero-order valence-corrected chi connectivity index (χ0v) is 19.1. The Balaban J connectivity index is 1.47. The number of ether oxygens (including phenoxy) is 1. The van der Waals surface area contributed by atoms with E-state index in [4.69, 9.17) is 4.74 Å². The van der Waals surface area contributed by atoms with E-state index in [0.29, 0.717) is 38.2 Å². The van der Waals surface area contributed by atoms with Crippen LogP contribution in [0.25, 0.3) is 0 Å². The fourth-order valence-corrected chi connectivity index (χ4v) is 4.29. The Bertz CT molecular complexity index is 1070. The molecule has 7 heteroatoms. The number of piperidine rings is 1. The Labute approximate surface area is 194 Å². The second-order valence-electron chi connectivity index (χ2n) is 8.55. The van der Waals surface area contributed by atoms with Gasteiger partial charge in [0, 0.05) is 58.7 Å². The molecule has 0 spiro atoms. The largest absolute Gasteiger partial charge is 0.490 e. The van der Waals surface area contributed by atoms with Crippen molar-refractivity contribution in [2.75, 3.05) is 20.1 Å². The number of hydrogen-bond donors (Lipinski definition) is 0. The average Bonchev–Trinajstić information content (AvgIpc) is 3.26. The lowest BCUT2D eigenvalue weighted by molar-refractivity contribution is -0.133. The van der Waals surface area contributed by atoms with Crippen LogP contribution in [0.3, 0.4) is 0 Å². The van der Waals surface area contributed by atoms with Crippen LogP contribution >= 0.6 is 0 Å². The van der Waals surface area contributed by atoms with Crippen molar-refractivity contribution < 1.29 is 14.3 Å². The summed E-state index contributed by atoms with van der Waals surface area (Å²) < 4.78 is 7.87. The molecule has 2 heterocycles. The number of benzene rings is 2. The molecule has 2 amide bonds. The summed E-state index contributed by atoms with van der Waals surface area (Å²) in [4.78, 5) is 29.8. The number of hydrogen-bond acceptors (Lipinski definition) is 4. The second-order valence-corrected chi connectivity index (χ2v) is 8.55. The second kappa shape index (κ2) is 10.3. The molecule has 0 radical (unpaired) electrons. The minimum atomic E-state index is -0.142. The summed E-state index contributed by atoms with van der Waals surface area (Å²) in [6.07, 6.45) is 2.46. The molecule has 0 unspecified atom stereocenters. The van der Waals surface area contributed by atoms with Crippen LogP contribution in [0.4, 0.5) is 0 Å². The normalized spacial score (nSPS) is 18.1. The van der Waals surface area contributed by atoms with Crippen molar-refractivity contribution >= 4 is 11.8 Å². The standard InChI is InChI=1S/C26H30N4O3/c1-28(18-20-9-5-3-6-10-20)25(31)17-21-19-30(26(32)23-13-15-27-29(23)2)16-14-24(21)33-22-11-7-4-8-12-22/h3-13,15,21,24H,14,16-19H2,1-2H3/t21-,24-/m0/s1. The van der Waals surface area contributed by atoms with E-state index in [1.807, 2.05) is 72.6 Å². The Hall–Kier alpha value is -3.61. The third kappa shape index (κ3) is 5.61. The van der Waals surface area contributed by atoms with Crippen LogP contribution in [0.15, 0.2) is 72.9 Å². The van der Waals surface area contributed by atoms with Gasteiger partial charge in [-0.3, -0.25) is 14.3 Å². The summed E-state index contributed by atoms with van der Waals surface area (Å²) in [5.74, 6) is 0.648. The number of rotatable bonds is 7. The Morgan fingerprint density at radius 1 is 1.06 bits per heavy atom. The molecule has 1 aliphatic rings. The van der Waals surface area contributed by atoms with E-state index in [2.05, 4.69) is 5.10 Å². The molecule has 4 rings (SSSR count). The molecule has 2 atom stereocenters. The zero-order chi connectivity index (χ0) is 23.2. The van der Waals surface area contributed by atoms with E-state index >= 15 is 0 Å². The van der Waals surface area contributed by atoms with Gasteiger partial charge < -0.3 is 14.5 Å². The van der Waals surface area contributed by atoms with Crippen molar-refractivity contribution in [3.63, 3.8) is 0 Å². The summed E-state index contributed by atoms with van der Waals surface area (Å²) in [6, 6.07) is 21.3. The predicted molar refractivity (Wildman–Crippen MR) is 126 cm³/mol. The van der Waals surface area contributed by atoms with Crippen LogP contribution in [0.5, 0.6) is 5.75 Å². The first kappa shape index (κ1) is 22.6. The third-order valence-electron chi connectivity index (χ3n) is 6.15. The van der Waals surface area contributed by atoms with E-state index < -0.39 is 0 Å². The number of aryl methyl sites for hydroxylation is 1. The lowest BCUT2D eigenvalue weighted by atomic mass is 9.90. The van der Waals surface area contributed by atoms with Gasteiger partial charge in [0.1, 0.15) is 17.5 Å². The molecule has 0 N–H and O–H groups in total. The van der Waals surface area contributed by atoms with Crippen molar-refractivity contribution in [3.05, 3.63) is 84.2 Å². The molecule has 0 aliphatic carbocycles. The van der Waals surface area contributed by atoms with Crippen LogP contribution in [-0.4, -0.2) is 57.6 Å². The van der Waals surface area contributed by atoms with Gasteiger partial charge in [0.15, 0.2) is 0 Å². The number of carbonyl (C=O) groups is 2. The fraction of sp³-hybridized carbons (Fsp3) is 0.346. The lowest BCUT2D eigenvalue weighted by Gasteiger charge is -2.38. The van der Waals surface area contributed by atoms with Gasteiger partial charge in [-0.1, -0.05) is 48.5 Å². The third-order valence-corrected chi connectivity index (χ3v) is 6.15. The predicted octanol–water partition coefficient (Wildman–Crippen LogP) is 3.38. The molecule has 0 saturated carbocycles. The molecular weight excluding hydrogens is 416 g/mol. The summed E-state index contributed by atoms with van der Waals surface area (Å²) in [5.41, 5.74) is 1.63. The van der Waals surface area contributed by atoms with Crippen LogP contribution in [0.1, 0.15) is 28.9 Å². The molecule has 7 nitrogen and oxygen atoms in total. The van der Waals surface area contributed by atoms with Gasteiger partial charge in [-0.2, -0.15) is 5.10 Å². The highest BCUT2D eigenvalue weighted by Crippen LogP contribution is 2.27. The molecule has 1 fully saturated rings. The first-order valence-electron chi connectivity index (χ1n) is 11.3. The highest BCUT2D eigenvalue weighted by molar-refractivity contribution is 5.92. The van der Waals surface area contributed by atoms with Gasteiger partial charge in [-0.05, 0) is 23.8 Å². The van der Waals surface area contributed by atoms with Crippen LogP contribution < -0.4 is 4.74 Å². The molecule has 2 aromatic carbocycles. The van der Waals surface area contributed by atoms with E-state index in [1.165, 1.54) is 0 Å². The number of amides is 2. The first-order valence-corrected chi connectivity index (χ1v) is 11.3. The van der Waals surface area contributed by atoms with E-state index in [0.717, 1.165) is 11.3 Å². The van der Waals surface area contributed by atoms with Gasteiger partial charge in [0.05, 0.1) is 0 Å². The van der Waals surface area contributed by atoms with Crippen molar-refractivity contribution in [1.82, 2.24) is 19.6 Å². The van der Waals surface area contributed by atoms with Gasteiger partial charge >= 0.3 is 0 Å². The van der Waals surface area contributed by atoms with Crippen molar-refractivity contribution in [1.29, 1.82) is 0 Å². The van der Waals surface area contributed by atoms with E-state index in [-0.39, 0.29) is 23.8 Å². The maximum absolute atomic E-state index is 13.1. The van der Waals surface area contributed by atoms with Gasteiger partial charge in [-0.25, -0.2) is 0 Å². The van der Waals surface area contributed by atoms with Gasteiger partial charge in [0.2, 0.25) is 5.91 Å². The summed E-state index contributed by atoms with van der Waals surface area (Å²) >= 11 is 0. The topological polar surface area (TPSA) is 67.7 Å². The number of carbonyl (C=O) groups excluding carboxylic acids is 2. The van der Waals surface area contributed by atoms with Crippen LogP contribution in [0, 0.1) is 5.92 Å². The van der Waals surface area contributed by atoms with Crippen LogP contribution in [0.2, 0.25) is 0 Å². The Kier molecular flexibility index (Phi) is 7.07. The summed E-state index contributed by atoms with van der Waals surface area (Å²) in [5, 5.41) is 4.12. The van der Waals surface area contributed by atoms with Gasteiger partial charge in [-0.15, -0.1) is 0 Å². The zero-order valence-electron chi connectivity index (χ0n) is 19.1. The van der Waals surface area contributed by atoms with Crippen molar-refractivity contribution in [2.45, 2.75) is 25.5 Å². The van der Waals surface area contributed by atoms with Crippen molar-refractivity contribution in [3.8, 4) is 5.75 Å². The minimum Gasteiger partial charge on any atom is -0.490 e. The van der Waals surface area contributed by atoms with Crippen molar-refractivity contribution in [2.24, 2.45) is 13.0 Å². The Morgan fingerprint density at radius 3 is 2.42 bits per heavy atom. The summed E-state index contributed by atoms with van der Waals surface area (Å²) in [7, 11) is 3.59. The number of nitrogens with zero attached hydrogens (tertiary/aromatic N) is 4. The summed E-state index contributed by atoms with van der Waals surface area (Å²) in [6.45, 7) is 1.59. The molecule has 1 aliphatic heterocycles. The highest BCUT2D eigenvalue weighted by Gasteiger charge is 2.35. The molecule has 0 bridgehead atoms. The number of para-hydroxylation sites is 1. The quantitative estimate of drug-likeness (QED) is 0.558. The van der Waals surface area contributed by atoms with Gasteiger partial charge in [0.25, 0.3) is 5.91 Å². The molecule has 1 saturated heterocycles. The molecular formula is C26H30N4O3. The van der Waals surface area contributed by atoms with E-state index in [1.54, 1.807) is 28.9 Å². The minimum absolute atomic E-state index is 0.0420. The Morgan fingerprint density at radius 2 is 1.76 bits per heavy atom. The highest BCUT2D eigenvalue weighted by atomic mass is 16.5. The molecule has 33 heavy (non-hydrogen) atoms. The number of aromatic nitrogens is 2. The SMILES string of the molecule is CN(Cc1ccccc1)C(=O)C[C@H]1CN(C(=O)c2ccnn2C)CC[C@@H]1Oc1ccccc1. The fourth-order valence-electron chi connectivity index (χ4n) is 4.29. The van der Waals surface area contributed by atoms with Crippen LogP contribution in [-0.2, 0) is 18.4 Å².